The molecule has 0 N–H and O–H groups in total. The number of carbonyl (C=O) groups is 1. The number of halogens is 3. The molecule has 4 rings (SSSR count). The number of carbonyl (C=O) groups excluding carboxylic acids is 1. The highest BCUT2D eigenvalue weighted by Crippen LogP contribution is 2.31. The number of amides is 1. The van der Waals surface area contributed by atoms with Gasteiger partial charge in [0.1, 0.15) is 11.5 Å². The van der Waals surface area contributed by atoms with Gasteiger partial charge < -0.3 is 9.47 Å². The van der Waals surface area contributed by atoms with Crippen molar-refractivity contribution < 1.29 is 9.18 Å². The first-order valence-corrected chi connectivity index (χ1v) is 10.9. The van der Waals surface area contributed by atoms with Gasteiger partial charge in [-0.15, -0.1) is 0 Å². The average Bonchev–Trinajstić information content (AvgIpc) is 3.14. The summed E-state index contributed by atoms with van der Waals surface area (Å²) in [4.78, 5) is 16.1. The fraction of sp³-hybridized carbons (Fsp3) is 0.182. The fourth-order valence-corrected chi connectivity index (χ4v) is 4.53. The van der Waals surface area contributed by atoms with Crippen LogP contribution in [0.5, 0.6) is 0 Å². The van der Waals surface area contributed by atoms with E-state index < -0.39 is 0 Å². The Morgan fingerprint density at radius 1 is 1.27 bits per heavy atom. The van der Waals surface area contributed by atoms with E-state index in [1.165, 1.54) is 6.07 Å². The van der Waals surface area contributed by atoms with Gasteiger partial charge in [-0.1, -0.05) is 33.6 Å². The number of rotatable bonds is 4. The third-order valence-corrected chi connectivity index (χ3v) is 6.56. The maximum Gasteiger partial charge on any atom is 0.276 e. The molecule has 0 radical (unpaired) electrons. The highest BCUT2D eigenvalue weighted by atomic mass is 79.9. The lowest BCUT2D eigenvalue weighted by Gasteiger charge is -2.13. The SMILES string of the molecule is CCN1C(=O)/C(=C/c2cn(Cc3c(F)cccc3Cl)c3ccc(Br)cc23)N(C)C1=S. The molecule has 8 heteroatoms. The molecular weight excluding hydrogens is 489 g/mol. The van der Waals surface area contributed by atoms with Crippen LogP contribution < -0.4 is 0 Å². The summed E-state index contributed by atoms with van der Waals surface area (Å²) in [7, 11) is 1.79. The number of hydrogen-bond acceptors (Lipinski definition) is 2. The number of likely N-dealkylation sites (N-methyl/N-ethyl adjacent to an activating group) is 2. The highest BCUT2D eigenvalue weighted by Gasteiger charge is 2.34. The largest absolute Gasteiger partial charge is 0.342 e. The van der Waals surface area contributed by atoms with Crippen molar-refractivity contribution >= 4 is 67.7 Å². The summed E-state index contributed by atoms with van der Waals surface area (Å²) >= 11 is 15.1. The smallest absolute Gasteiger partial charge is 0.276 e. The van der Waals surface area contributed by atoms with Crippen molar-refractivity contribution in [2.75, 3.05) is 13.6 Å². The Kier molecular flexibility index (Phi) is 5.70. The monoisotopic (exact) mass is 505 g/mol. The number of aromatic nitrogens is 1. The molecule has 30 heavy (non-hydrogen) atoms. The van der Waals surface area contributed by atoms with Crippen molar-refractivity contribution in [2.24, 2.45) is 0 Å². The first kappa shape index (κ1) is 21.0. The quantitative estimate of drug-likeness (QED) is 0.337. The summed E-state index contributed by atoms with van der Waals surface area (Å²) in [6.07, 6.45) is 3.74. The second-order valence-electron chi connectivity index (χ2n) is 6.99. The molecule has 2 heterocycles. The molecule has 0 saturated carbocycles. The molecule has 1 aromatic heterocycles. The van der Waals surface area contributed by atoms with Crippen LogP contribution in [0.3, 0.4) is 0 Å². The average molecular weight is 507 g/mol. The third-order valence-electron chi connectivity index (χ3n) is 5.22. The van der Waals surface area contributed by atoms with Crippen molar-refractivity contribution in [1.82, 2.24) is 14.4 Å². The van der Waals surface area contributed by atoms with Crippen LogP contribution in [0.15, 0.2) is 52.8 Å². The van der Waals surface area contributed by atoms with E-state index in [1.54, 1.807) is 29.0 Å². The molecule has 154 valence electrons. The Bertz CT molecular complexity index is 1200. The Balaban J connectivity index is 1.85. The molecule has 0 unspecified atom stereocenters. The first-order valence-electron chi connectivity index (χ1n) is 9.34. The van der Waals surface area contributed by atoms with Crippen LogP contribution >= 0.6 is 39.7 Å². The second kappa shape index (κ2) is 8.13. The lowest BCUT2D eigenvalue weighted by molar-refractivity contribution is -0.122. The molecule has 1 fully saturated rings. The minimum absolute atomic E-state index is 0.127. The zero-order chi connectivity index (χ0) is 21.6. The Hall–Kier alpha value is -2.22. The van der Waals surface area contributed by atoms with E-state index in [0.29, 0.717) is 27.9 Å². The molecule has 1 saturated heterocycles. The van der Waals surface area contributed by atoms with Gasteiger partial charge in [0.05, 0.1) is 6.54 Å². The second-order valence-corrected chi connectivity index (χ2v) is 8.68. The third kappa shape index (κ3) is 3.55. The summed E-state index contributed by atoms with van der Waals surface area (Å²) < 4.78 is 17.2. The predicted octanol–water partition coefficient (Wildman–Crippen LogP) is 5.66. The van der Waals surface area contributed by atoms with E-state index in [4.69, 9.17) is 23.8 Å². The van der Waals surface area contributed by atoms with Crippen LogP contribution in [0.1, 0.15) is 18.1 Å². The van der Waals surface area contributed by atoms with E-state index >= 15 is 0 Å². The minimum Gasteiger partial charge on any atom is -0.342 e. The first-order chi connectivity index (χ1) is 14.3. The molecule has 2 aromatic carbocycles. The van der Waals surface area contributed by atoms with E-state index in [2.05, 4.69) is 15.9 Å². The van der Waals surface area contributed by atoms with E-state index in [0.717, 1.165) is 20.9 Å². The molecule has 4 nitrogen and oxygen atoms in total. The molecule has 0 aliphatic carbocycles. The van der Waals surface area contributed by atoms with E-state index in [9.17, 15) is 9.18 Å². The molecule has 1 aliphatic heterocycles. The summed E-state index contributed by atoms with van der Waals surface area (Å²) in [5, 5.41) is 1.80. The summed E-state index contributed by atoms with van der Waals surface area (Å²) in [5.74, 6) is -0.478. The van der Waals surface area contributed by atoms with Crippen LogP contribution in [0.4, 0.5) is 4.39 Å². The Morgan fingerprint density at radius 3 is 2.70 bits per heavy atom. The van der Waals surface area contributed by atoms with Crippen LogP contribution in [-0.4, -0.2) is 39.0 Å². The highest BCUT2D eigenvalue weighted by molar-refractivity contribution is 9.10. The van der Waals surface area contributed by atoms with Gasteiger partial charge in [-0.05, 0) is 55.5 Å². The van der Waals surface area contributed by atoms with Crippen molar-refractivity contribution in [3.63, 3.8) is 0 Å². The molecule has 3 aromatic rings. The van der Waals surface area contributed by atoms with Gasteiger partial charge in [0.2, 0.25) is 0 Å². The predicted molar refractivity (Wildman–Crippen MR) is 126 cm³/mol. The minimum atomic E-state index is -0.351. The van der Waals surface area contributed by atoms with Crippen molar-refractivity contribution in [2.45, 2.75) is 13.5 Å². The fourth-order valence-electron chi connectivity index (χ4n) is 3.63. The summed E-state index contributed by atoms with van der Waals surface area (Å²) in [5.41, 5.74) is 2.68. The van der Waals surface area contributed by atoms with Gasteiger partial charge in [0.25, 0.3) is 5.91 Å². The van der Waals surface area contributed by atoms with Gasteiger partial charge in [-0.3, -0.25) is 9.69 Å². The van der Waals surface area contributed by atoms with Gasteiger partial charge >= 0.3 is 0 Å². The van der Waals surface area contributed by atoms with Gasteiger partial charge in [0, 0.05) is 51.3 Å². The normalized spacial score (nSPS) is 15.8. The molecule has 0 spiro atoms. The number of fused-ring (bicyclic) bond motifs is 1. The summed E-state index contributed by atoms with van der Waals surface area (Å²) in [6, 6.07) is 10.5. The molecule has 1 amide bonds. The van der Waals surface area contributed by atoms with Crippen molar-refractivity contribution in [3.8, 4) is 0 Å². The number of nitrogens with zero attached hydrogens (tertiary/aromatic N) is 3. The zero-order valence-electron chi connectivity index (χ0n) is 16.3. The maximum atomic E-state index is 14.4. The van der Waals surface area contributed by atoms with E-state index in [-0.39, 0.29) is 18.3 Å². The standard InChI is InChI=1S/C22H18BrClFN3OS/c1-3-28-21(29)20(26(2)22(28)30)9-13-11-27(19-8-7-14(23)10-15(13)19)12-16-17(24)5-4-6-18(16)25/h4-11H,3,12H2,1-2H3/b20-9-. The molecule has 1 aliphatic rings. The lowest BCUT2D eigenvalue weighted by Crippen LogP contribution is -2.30. The topological polar surface area (TPSA) is 28.5 Å². The number of thiocarbonyl (C=S) groups is 1. The summed E-state index contributed by atoms with van der Waals surface area (Å²) in [6.45, 7) is 2.68. The van der Waals surface area contributed by atoms with Crippen LogP contribution in [0.25, 0.3) is 17.0 Å². The van der Waals surface area contributed by atoms with Crippen LogP contribution in [0.2, 0.25) is 5.02 Å². The lowest BCUT2D eigenvalue weighted by atomic mass is 10.1. The van der Waals surface area contributed by atoms with Gasteiger partial charge in [0.15, 0.2) is 5.11 Å². The molecular formula is C22H18BrClFN3OS. The van der Waals surface area contributed by atoms with Crippen LogP contribution in [-0.2, 0) is 11.3 Å². The van der Waals surface area contributed by atoms with Crippen molar-refractivity contribution in [1.29, 1.82) is 0 Å². The molecule has 0 atom stereocenters. The maximum absolute atomic E-state index is 14.4. The van der Waals surface area contributed by atoms with Crippen LogP contribution in [0, 0.1) is 5.82 Å². The van der Waals surface area contributed by atoms with Gasteiger partial charge in [-0.2, -0.15) is 0 Å². The Morgan fingerprint density at radius 2 is 2.03 bits per heavy atom. The van der Waals surface area contributed by atoms with E-state index in [1.807, 2.05) is 42.0 Å². The molecule has 0 bridgehead atoms. The van der Waals surface area contributed by atoms with Gasteiger partial charge in [-0.25, -0.2) is 4.39 Å². The number of hydrogen-bond donors (Lipinski definition) is 0. The Labute approximate surface area is 192 Å². The number of benzene rings is 2. The zero-order valence-corrected chi connectivity index (χ0v) is 19.5. The van der Waals surface area contributed by atoms with Crippen molar-refractivity contribution in [3.05, 3.63) is 74.7 Å².